The van der Waals surface area contributed by atoms with Gasteiger partial charge in [-0.3, -0.25) is 4.79 Å². The molecule has 1 amide bonds. The largest absolute Gasteiger partial charge is 0.322 e. The Labute approximate surface area is 142 Å². The molecule has 0 atom stereocenters. The Hall–Kier alpha value is -2.88. The van der Waals surface area contributed by atoms with Crippen molar-refractivity contribution in [2.24, 2.45) is 0 Å². The third-order valence-electron chi connectivity index (χ3n) is 3.86. The van der Waals surface area contributed by atoms with Gasteiger partial charge in [-0.1, -0.05) is 6.07 Å². The van der Waals surface area contributed by atoms with E-state index in [9.17, 15) is 4.79 Å². The Morgan fingerprint density at radius 1 is 0.917 bits per heavy atom. The lowest BCUT2D eigenvalue weighted by atomic mass is 10.1. The SMILES string of the molecule is Cc1cc(C)cc(NC(=O)c2ccc(-n3nc(C)cc3C)cc2)c1. The van der Waals surface area contributed by atoms with Gasteiger partial charge in [-0.05, 0) is 81.3 Å². The Morgan fingerprint density at radius 3 is 2.08 bits per heavy atom. The third-order valence-corrected chi connectivity index (χ3v) is 3.86. The molecule has 4 nitrogen and oxygen atoms in total. The summed E-state index contributed by atoms with van der Waals surface area (Å²) in [7, 11) is 0. The molecule has 122 valence electrons. The molecule has 0 aliphatic rings. The van der Waals surface area contributed by atoms with Crippen molar-refractivity contribution in [2.75, 3.05) is 5.32 Å². The number of hydrogen-bond donors (Lipinski definition) is 1. The first kappa shape index (κ1) is 16.0. The molecule has 0 spiro atoms. The number of rotatable bonds is 3. The summed E-state index contributed by atoms with van der Waals surface area (Å²) in [5.74, 6) is -0.111. The minimum atomic E-state index is -0.111. The Morgan fingerprint density at radius 2 is 1.54 bits per heavy atom. The lowest BCUT2D eigenvalue weighted by molar-refractivity contribution is 0.102. The van der Waals surface area contributed by atoms with Gasteiger partial charge in [0.2, 0.25) is 0 Å². The van der Waals surface area contributed by atoms with Crippen molar-refractivity contribution < 1.29 is 4.79 Å². The molecule has 3 aromatic rings. The van der Waals surface area contributed by atoms with Gasteiger partial charge in [-0.2, -0.15) is 5.10 Å². The van der Waals surface area contributed by atoms with Crippen LogP contribution in [-0.4, -0.2) is 15.7 Å². The van der Waals surface area contributed by atoms with Crippen molar-refractivity contribution in [2.45, 2.75) is 27.7 Å². The Balaban J connectivity index is 1.80. The number of amides is 1. The molecule has 0 aliphatic heterocycles. The summed E-state index contributed by atoms with van der Waals surface area (Å²) >= 11 is 0. The molecule has 0 radical (unpaired) electrons. The topological polar surface area (TPSA) is 46.9 Å². The van der Waals surface area contributed by atoms with Crippen LogP contribution in [0.25, 0.3) is 5.69 Å². The fourth-order valence-corrected chi connectivity index (χ4v) is 2.89. The van der Waals surface area contributed by atoms with E-state index >= 15 is 0 Å². The molecule has 1 aromatic heterocycles. The second-order valence-electron chi connectivity index (χ2n) is 6.22. The highest BCUT2D eigenvalue weighted by Crippen LogP contribution is 2.17. The quantitative estimate of drug-likeness (QED) is 0.780. The van der Waals surface area contributed by atoms with Crippen molar-refractivity contribution in [1.29, 1.82) is 0 Å². The van der Waals surface area contributed by atoms with E-state index in [-0.39, 0.29) is 5.91 Å². The average molecular weight is 319 g/mol. The van der Waals surface area contributed by atoms with E-state index in [1.807, 2.05) is 74.8 Å². The summed E-state index contributed by atoms with van der Waals surface area (Å²) in [5.41, 5.74) is 6.70. The second kappa shape index (κ2) is 6.32. The first-order valence-electron chi connectivity index (χ1n) is 7.96. The predicted octanol–water partition coefficient (Wildman–Crippen LogP) is 4.36. The van der Waals surface area contributed by atoms with Gasteiger partial charge in [0, 0.05) is 16.9 Å². The number of benzene rings is 2. The van der Waals surface area contributed by atoms with Gasteiger partial charge in [0.1, 0.15) is 0 Å². The molecule has 0 aliphatic carbocycles. The molecule has 4 heteroatoms. The van der Waals surface area contributed by atoms with Gasteiger partial charge < -0.3 is 5.32 Å². The summed E-state index contributed by atoms with van der Waals surface area (Å²) in [4.78, 5) is 12.4. The molecule has 1 N–H and O–H groups in total. The van der Waals surface area contributed by atoms with Gasteiger partial charge in [-0.15, -0.1) is 0 Å². The molecular formula is C20H21N3O. The number of aryl methyl sites for hydroxylation is 4. The van der Waals surface area contributed by atoms with E-state index in [0.717, 1.165) is 33.9 Å². The fourth-order valence-electron chi connectivity index (χ4n) is 2.89. The number of carbonyl (C=O) groups is 1. The number of anilines is 1. The minimum Gasteiger partial charge on any atom is -0.322 e. The highest BCUT2D eigenvalue weighted by molar-refractivity contribution is 6.04. The molecular weight excluding hydrogens is 298 g/mol. The van der Waals surface area contributed by atoms with Crippen LogP contribution in [0.3, 0.4) is 0 Å². The van der Waals surface area contributed by atoms with Crippen molar-refractivity contribution in [3.63, 3.8) is 0 Å². The smallest absolute Gasteiger partial charge is 0.255 e. The first-order valence-corrected chi connectivity index (χ1v) is 7.96. The van der Waals surface area contributed by atoms with Crippen LogP contribution in [0.4, 0.5) is 5.69 Å². The fraction of sp³-hybridized carbons (Fsp3) is 0.200. The first-order chi connectivity index (χ1) is 11.4. The number of aromatic nitrogens is 2. The molecule has 24 heavy (non-hydrogen) atoms. The van der Waals surface area contributed by atoms with Gasteiger partial charge in [-0.25, -0.2) is 4.68 Å². The standard InChI is InChI=1S/C20H21N3O/c1-13-9-14(2)11-18(10-13)21-20(24)17-5-7-19(8-6-17)23-16(4)12-15(3)22-23/h5-12H,1-4H3,(H,21,24). The van der Waals surface area contributed by atoms with Crippen LogP contribution in [0, 0.1) is 27.7 Å². The number of hydrogen-bond acceptors (Lipinski definition) is 2. The maximum absolute atomic E-state index is 12.4. The van der Waals surface area contributed by atoms with E-state index in [1.165, 1.54) is 0 Å². The summed E-state index contributed by atoms with van der Waals surface area (Å²) in [6.07, 6.45) is 0. The van der Waals surface area contributed by atoms with E-state index in [2.05, 4.69) is 16.5 Å². The molecule has 0 saturated heterocycles. The Bertz CT molecular complexity index is 871. The summed E-state index contributed by atoms with van der Waals surface area (Å²) in [6, 6.07) is 15.5. The zero-order valence-electron chi connectivity index (χ0n) is 14.4. The minimum absolute atomic E-state index is 0.111. The van der Waals surface area contributed by atoms with Crippen LogP contribution in [0.2, 0.25) is 0 Å². The van der Waals surface area contributed by atoms with Crippen LogP contribution < -0.4 is 5.32 Å². The van der Waals surface area contributed by atoms with Crippen molar-refractivity contribution in [3.05, 3.63) is 76.6 Å². The zero-order valence-corrected chi connectivity index (χ0v) is 14.4. The van der Waals surface area contributed by atoms with Crippen molar-refractivity contribution in [3.8, 4) is 5.69 Å². The maximum atomic E-state index is 12.4. The van der Waals surface area contributed by atoms with E-state index in [4.69, 9.17) is 0 Å². The lowest BCUT2D eigenvalue weighted by Crippen LogP contribution is -2.12. The van der Waals surface area contributed by atoms with Crippen LogP contribution in [0.15, 0.2) is 48.5 Å². The predicted molar refractivity (Wildman–Crippen MR) is 96.9 cm³/mol. The zero-order chi connectivity index (χ0) is 17.3. The normalized spacial score (nSPS) is 10.7. The van der Waals surface area contributed by atoms with Gasteiger partial charge >= 0.3 is 0 Å². The molecule has 1 heterocycles. The van der Waals surface area contributed by atoms with Crippen molar-refractivity contribution >= 4 is 11.6 Å². The van der Waals surface area contributed by atoms with Crippen LogP contribution in [-0.2, 0) is 0 Å². The highest BCUT2D eigenvalue weighted by Gasteiger charge is 2.08. The van der Waals surface area contributed by atoms with Gasteiger partial charge in [0.15, 0.2) is 0 Å². The molecule has 0 fully saturated rings. The van der Waals surface area contributed by atoms with E-state index < -0.39 is 0 Å². The molecule has 2 aromatic carbocycles. The number of nitrogens with one attached hydrogen (secondary N) is 1. The van der Waals surface area contributed by atoms with E-state index in [0.29, 0.717) is 5.56 Å². The molecule has 0 bridgehead atoms. The van der Waals surface area contributed by atoms with Crippen LogP contribution in [0.5, 0.6) is 0 Å². The highest BCUT2D eigenvalue weighted by atomic mass is 16.1. The van der Waals surface area contributed by atoms with Crippen LogP contribution >= 0.6 is 0 Å². The summed E-state index contributed by atoms with van der Waals surface area (Å²) in [5, 5.41) is 7.41. The van der Waals surface area contributed by atoms with E-state index in [1.54, 1.807) is 0 Å². The summed E-state index contributed by atoms with van der Waals surface area (Å²) in [6.45, 7) is 8.02. The van der Waals surface area contributed by atoms with Crippen LogP contribution in [0.1, 0.15) is 32.9 Å². The lowest BCUT2D eigenvalue weighted by Gasteiger charge is -2.09. The third kappa shape index (κ3) is 3.38. The van der Waals surface area contributed by atoms with Gasteiger partial charge in [0.05, 0.1) is 11.4 Å². The number of carbonyl (C=O) groups excluding carboxylic acids is 1. The van der Waals surface area contributed by atoms with Crippen molar-refractivity contribution in [1.82, 2.24) is 9.78 Å². The monoisotopic (exact) mass is 319 g/mol. The molecule has 0 saturated carbocycles. The molecule has 0 unspecified atom stereocenters. The molecule has 3 rings (SSSR count). The van der Waals surface area contributed by atoms with Gasteiger partial charge in [0.25, 0.3) is 5.91 Å². The average Bonchev–Trinajstić information content (AvgIpc) is 2.85. The second-order valence-corrected chi connectivity index (χ2v) is 6.22. The number of nitrogens with zero attached hydrogens (tertiary/aromatic N) is 2. The maximum Gasteiger partial charge on any atom is 0.255 e. The Kier molecular flexibility index (Phi) is 4.21. The summed E-state index contributed by atoms with van der Waals surface area (Å²) < 4.78 is 1.88.